The smallest absolute Gasteiger partial charge is 0.255 e. The van der Waals surface area contributed by atoms with E-state index in [0.29, 0.717) is 30.2 Å². The predicted molar refractivity (Wildman–Crippen MR) is 124 cm³/mol. The second kappa shape index (κ2) is 9.43. The maximum absolute atomic E-state index is 13.4. The van der Waals surface area contributed by atoms with Crippen molar-refractivity contribution in [3.05, 3.63) is 111 Å². The standard InChI is InChI=1S/C25H24ClN3O2/c1-28(17-24(30)18-7-3-2-4-8-18)15-20-13-19-10-11-21(26)14-23(19)29(25(20)31)16-22-9-5-6-12-27-22/h2-14,24,30H,15-17H2,1H3. The molecule has 4 aromatic rings. The Labute approximate surface area is 186 Å². The van der Waals surface area contributed by atoms with E-state index in [1.165, 1.54) is 0 Å². The molecule has 1 atom stereocenters. The summed E-state index contributed by atoms with van der Waals surface area (Å²) in [5.41, 5.74) is 3.01. The monoisotopic (exact) mass is 433 g/mol. The van der Waals surface area contributed by atoms with Crippen LogP contribution in [0, 0.1) is 0 Å². The molecule has 4 rings (SSSR count). The van der Waals surface area contributed by atoms with Gasteiger partial charge in [-0.1, -0.05) is 54.1 Å². The molecule has 0 saturated heterocycles. The van der Waals surface area contributed by atoms with Crippen LogP contribution in [-0.2, 0) is 13.1 Å². The number of aliphatic hydroxyl groups is 1. The summed E-state index contributed by atoms with van der Waals surface area (Å²) in [7, 11) is 1.90. The summed E-state index contributed by atoms with van der Waals surface area (Å²) in [5.74, 6) is 0. The highest BCUT2D eigenvalue weighted by Crippen LogP contribution is 2.21. The molecule has 0 bridgehead atoms. The third-order valence-electron chi connectivity index (χ3n) is 5.29. The Morgan fingerprint density at radius 2 is 1.84 bits per heavy atom. The Morgan fingerprint density at radius 3 is 2.58 bits per heavy atom. The van der Waals surface area contributed by atoms with Crippen molar-refractivity contribution in [2.24, 2.45) is 0 Å². The van der Waals surface area contributed by atoms with E-state index in [1.54, 1.807) is 10.8 Å². The van der Waals surface area contributed by atoms with Gasteiger partial charge < -0.3 is 9.67 Å². The van der Waals surface area contributed by atoms with E-state index in [-0.39, 0.29) is 5.56 Å². The van der Waals surface area contributed by atoms with Crippen molar-refractivity contribution in [1.82, 2.24) is 14.5 Å². The molecule has 1 unspecified atom stereocenters. The molecule has 0 amide bonds. The van der Waals surface area contributed by atoms with Crippen LogP contribution in [-0.4, -0.2) is 33.1 Å². The molecule has 0 radical (unpaired) electrons. The number of halogens is 1. The van der Waals surface area contributed by atoms with Crippen molar-refractivity contribution < 1.29 is 5.11 Å². The highest BCUT2D eigenvalue weighted by atomic mass is 35.5. The van der Waals surface area contributed by atoms with Gasteiger partial charge in [-0.3, -0.25) is 14.7 Å². The number of pyridine rings is 2. The summed E-state index contributed by atoms with van der Waals surface area (Å²) in [4.78, 5) is 19.7. The SMILES string of the molecule is CN(Cc1cc2ccc(Cl)cc2n(Cc2ccccn2)c1=O)CC(O)c1ccccc1. The van der Waals surface area contributed by atoms with Crippen LogP contribution in [0.4, 0.5) is 0 Å². The number of likely N-dealkylation sites (N-methyl/N-ethyl adjacent to an activating group) is 1. The van der Waals surface area contributed by atoms with E-state index in [4.69, 9.17) is 11.6 Å². The largest absolute Gasteiger partial charge is 0.387 e. The number of hydrogen-bond donors (Lipinski definition) is 1. The molecular weight excluding hydrogens is 410 g/mol. The highest BCUT2D eigenvalue weighted by Gasteiger charge is 2.15. The van der Waals surface area contributed by atoms with Gasteiger partial charge >= 0.3 is 0 Å². The summed E-state index contributed by atoms with van der Waals surface area (Å²) in [5, 5.41) is 12.1. The second-order valence-corrected chi connectivity index (χ2v) is 8.14. The number of aromatic nitrogens is 2. The lowest BCUT2D eigenvalue weighted by atomic mass is 10.1. The molecule has 31 heavy (non-hydrogen) atoms. The van der Waals surface area contributed by atoms with Gasteiger partial charge in [0, 0.05) is 29.9 Å². The van der Waals surface area contributed by atoms with Crippen LogP contribution >= 0.6 is 11.6 Å². The summed E-state index contributed by atoms with van der Waals surface area (Å²) < 4.78 is 1.72. The van der Waals surface area contributed by atoms with Gasteiger partial charge in [0.25, 0.3) is 5.56 Å². The molecule has 0 saturated carbocycles. The van der Waals surface area contributed by atoms with Crippen LogP contribution in [0.1, 0.15) is 22.9 Å². The van der Waals surface area contributed by atoms with Crippen molar-refractivity contribution in [2.45, 2.75) is 19.2 Å². The molecule has 5 nitrogen and oxygen atoms in total. The molecule has 0 aliphatic carbocycles. The first-order chi connectivity index (χ1) is 15.0. The molecule has 0 aliphatic rings. The average Bonchev–Trinajstić information content (AvgIpc) is 2.78. The molecule has 158 valence electrons. The Kier molecular flexibility index (Phi) is 6.47. The zero-order valence-electron chi connectivity index (χ0n) is 17.3. The van der Waals surface area contributed by atoms with Gasteiger partial charge in [0.15, 0.2) is 0 Å². The molecule has 2 aromatic heterocycles. The van der Waals surface area contributed by atoms with Crippen molar-refractivity contribution in [3.63, 3.8) is 0 Å². The van der Waals surface area contributed by atoms with Crippen molar-refractivity contribution in [1.29, 1.82) is 0 Å². The van der Waals surface area contributed by atoms with E-state index in [0.717, 1.165) is 22.2 Å². The van der Waals surface area contributed by atoms with Crippen molar-refractivity contribution >= 4 is 22.5 Å². The minimum Gasteiger partial charge on any atom is -0.387 e. The Balaban J connectivity index is 1.65. The summed E-state index contributed by atoms with van der Waals surface area (Å²) in [6.07, 6.45) is 1.10. The molecule has 0 aliphatic heterocycles. The fourth-order valence-electron chi connectivity index (χ4n) is 3.76. The van der Waals surface area contributed by atoms with Gasteiger partial charge in [0.2, 0.25) is 0 Å². The first-order valence-corrected chi connectivity index (χ1v) is 10.5. The molecule has 2 heterocycles. The normalized spacial score (nSPS) is 12.4. The second-order valence-electron chi connectivity index (χ2n) is 7.71. The molecular formula is C25H24ClN3O2. The van der Waals surface area contributed by atoms with Gasteiger partial charge in [-0.2, -0.15) is 0 Å². The maximum Gasteiger partial charge on any atom is 0.255 e. The molecule has 0 spiro atoms. The van der Waals surface area contributed by atoms with Crippen molar-refractivity contribution in [3.8, 4) is 0 Å². The zero-order valence-corrected chi connectivity index (χ0v) is 18.0. The van der Waals surface area contributed by atoms with Crippen molar-refractivity contribution in [2.75, 3.05) is 13.6 Å². The topological polar surface area (TPSA) is 58.4 Å². The number of rotatable bonds is 7. The first-order valence-electron chi connectivity index (χ1n) is 10.1. The highest BCUT2D eigenvalue weighted by molar-refractivity contribution is 6.31. The number of aliphatic hydroxyl groups excluding tert-OH is 1. The van der Waals surface area contributed by atoms with Crippen LogP contribution in [0.3, 0.4) is 0 Å². The van der Waals surface area contributed by atoms with Gasteiger partial charge in [-0.05, 0) is 48.3 Å². The van der Waals surface area contributed by atoms with Crippen LogP contribution in [0.15, 0.2) is 83.8 Å². The number of fused-ring (bicyclic) bond motifs is 1. The summed E-state index contributed by atoms with van der Waals surface area (Å²) in [6, 6.07) is 22.7. The molecule has 0 fully saturated rings. The van der Waals surface area contributed by atoms with E-state index >= 15 is 0 Å². The number of nitrogens with zero attached hydrogens (tertiary/aromatic N) is 3. The third-order valence-corrected chi connectivity index (χ3v) is 5.52. The number of benzene rings is 2. The van der Waals surface area contributed by atoms with Crippen LogP contribution in [0.25, 0.3) is 10.9 Å². The van der Waals surface area contributed by atoms with Crippen LogP contribution in [0.5, 0.6) is 0 Å². The Morgan fingerprint density at radius 1 is 1.06 bits per heavy atom. The fourth-order valence-corrected chi connectivity index (χ4v) is 3.93. The zero-order chi connectivity index (χ0) is 21.8. The van der Waals surface area contributed by atoms with Gasteiger partial charge in [0.1, 0.15) is 0 Å². The lowest BCUT2D eigenvalue weighted by Gasteiger charge is -2.21. The van der Waals surface area contributed by atoms with Gasteiger partial charge in [-0.15, -0.1) is 0 Å². The van der Waals surface area contributed by atoms with E-state index in [9.17, 15) is 9.90 Å². The summed E-state index contributed by atoms with van der Waals surface area (Å²) >= 11 is 6.22. The van der Waals surface area contributed by atoms with Crippen LogP contribution < -0.4 is 5.56 Å². The van der Waals surface area contributed by atoms with Gasteiger partial charge in [0.05, 0.1) is 23.9 Å². The lowest BCUT2D eigenvalue weighted by molar-refractivity contribution is 0.123. The van der Waals surface area contributed by atoms with E-state index < -0.39 is 6.10 Å². The first kappa shape index (κ1) is 21.2. The Hall–Kier alpha value is -2.99. The van der Waals surface area contributed by atoms with E-state index in [1.807, 2.05) is 84.7 Å². The summed E-state index contributed by atoms with van der Waals surface area (Å²) in [6.45, 7) is 1.20. The predicted octanol–water partition coefficient (Wildman–Crippen LogP) is 4.26. The number of hydrogen-bond acceptors (Lipinski definition) is 4. The van der Waals surface area contributed by atoms with Gasteiger partial charge in [-0.25, -0.2) is 0 Å². The minimum absolute atomic E-state index is 0.0820. The van der Waals surface area contributed by atoms with E-state index in [2.05, 4.69) is 4.98 Å². The molecule has 6 heteroatoms. The van der Waals surface area contributed by atoms with Crippen LogP contribution in [0.2, 0.25) is 5.02 Å². The fraction of sp³-hybridized carbons (Fsp3) is 0.200. The average molecular weight is 434 g/mol. The quantitative estimate of drug-likeness (QED) is 0.473. The minimum atomic E-state index is -0.624. The molecule has 2 aromatic carbocycles. The molecule has 1 N–H and O–H groups in total. The lowest BCUT2D eigenvalue weighted by Crippen LogP contribution is -2.31. The Bertz CT molecular complexity index is 1230. The third kappa shape index (κ3) is 5.02. The maximum atomic E-state index is 13.4.